The number of anilines is 1. The molecule has 3 heteroatoms. The second-order valence-corrected chi connectivity index (χ2v) is 6.34. The van der Waals surface area contributed by atoms with Gasteiger partial charge in [0.05, 0.1) is 5.56 Å². The van der Waals surface area contributed by atoms with E-state index < -0.39 is 5.97 Å². The van der Waals surface area contributed by atoms with Crippen molar-refractivity contribution >= 4 is 11.7 Å². The number of nitrogens with one attached hydrogen (secondary N) is 1. The van der Waals surface area contributed by atoms with Crippen molar-refractivity contribution in [3.8, 4) is 0 Å². The lowest BCUT2D eigenvalue weighted by Crippen LogP contribution is -2.19. The normalized spacial score (nSPS) is 22.6. The van der Waals surface area contributed by atoms with E-state index in [-0.39, 0.29) is 0 Å². The maximum absolute atomic E-state index is 11.0. The van der Waals surface area contributed by atoms with Gasteiger partial charge in [0.1, 0.15) is 0 Å². The molecule has 1 aliphatic carbocycles. The number of aryl methyl sites for hydroxylation is 1. The Balaban J connectivity index is 1.97. The highest BCUT2D eigenvalue weighted by atomic mass is 16.4. The largest absolute Gasteiger partial charge is 0.478 e. The third-order valence-corrected chi connectivity index (χ3v) is 4.62. The molecule has 1 fully saturated rings. The van der Waals surface area contributed by atoms with E-state index in [0.717, 1.165) is 17.2 Å². The van der Waals surface area contributed by atoms with Crippen molar-refractivity contribution in [1.29, 1.82) is 0 Å². The molecule has 116 valence electrons. The molecule has 21 heavy (non-hydrogen) atoms. The quantitative estimate of drug-likeness (QED) is 0.761. The van der Waals surface area contributed by atoms with Crippen LogP contribution < -0.4 is 5.32 Å². The van der Waals surface area contributed by atoms with Gasteiger partial charge in [-0.2, -0.15) is 0 Å². The van der Waals surface area contributed by atoms with Crippen LogP contribution in [-0.4, -0.2) is 17.1 Å². The van der Waals surface area contributed by atoms with Crippen LogP contribution in [0.4, 0.5) is 5.69 Å². The van der Waals surface area contributed by atoms with Crippen molar-refractivity contribution in [2.75, 3.05) is 5.32 Å². The summed E-state index contributed by atoms with van der Waals surface area (Å²) in [6.45, 7) is 4.25. The Bertz CT molecular complexity index is 484. The number of aromatic carboxylic acids is 1. The van der Waals surface area contributed by atoms with Gasteiger partial charge in [-0.1, -0.05) is 32.6 Å². The number of benzene rings is 1. The molecule has 2 atom stereocenters. The summed E-state index contributed by atoms with van der Waals surface area (Å²) in [6, 6.07) is 5.88. The molecule has 0 aliphatic heterocycles. The molecule has 0 amide bonds. The Hall–Kier alpha value is -1.51. The third kappa shape index (κ3) is 4.48. The van der Waals surface area contributed by atoms with Crippen LogP contribution in [0.2, 0.25) is 0 Å². The molecular formula is C18H27NO2. The summed E-state index contributed by atoms with van der Waals surface area (Å²) in [5.74, 6) is 0.0406. The molecule has 0 heterocycles. The molecule has 0 bridgehead atoms. The summed E-state index contributed by atoms with van der Waals surface area (Å²) in [7, 11) is 0. The first-order valence-corrected chi connectivity index (χ1v) is 8.20. The van der Waals surface area contributed by atoms with Crippen molar-refractivity contribution in [2.24, 2.45) is 5.92 Å². The second kappa shape index (κ2) is 7.48. The Kier molecular flexibility index (Phi) is 5.66. The SMILES string of the molecule is CCCC1CCCC(Nc2ccc(C(=O)O)cc2C)CC1. The molecule has 1 aromatic rings. The molecule has 0 saturated heterocycles. The summed E-state index contributed by atoms with van der Waals surface area (Å²) in [5.41, 5.74) is 2.46. The van der Waals surface area contributed by atoms with E-state index in [2.05, 4.69) is 12.2 Å². The highest BCUT2D eigenvalue weighted by molar-refractivity contribution is 5.88. The van der Waals surface area contributed by atoms with Crippen LogP contribution in [0.25, 0.3) is 0 Å². The topological polar surface area (TPSA) is 49.3 Å². The minimum absolute atomic E-state index is 0.363. The highest BCUT2D eigenvalue weighted by Crippen LogP contribution is 2.29. The molecule has 1 saturated carbocycles. The van der Waals surface area contributed by atoms with Crippen LogP contribution in [0.5, 0.6) is 0 Å². The monoisotopic (exact) mass is 289 g/mol. The zero-order valence-corrected chi connectivity index (χ0v) is 13.2. The molecule has 3 nitrogen and oxygen atoms in total. The van der Waals surface area contributed by atoms with Gasteiger partial charge in [-0.05, 0) is 55.9 Å². The van der Waals surface area contributed by atoms with Crippen molar-refractivity contribution in [1.82, 2.24) is 0 Å². The molecule has 0 spiro atoms. The predicted octanol–water partition coefficient (Wildman–Crippen LogP) is 4.85. The first-order valence-electron chi connectivity index (χ1n) is 8.20. The van der Waals surface area contributed by atoms with Crippen LogP contribution in [0.1, 0.15) is 67.8 Å². The smallest absolute Gasteiger partial charge is 0.335 e. The van der Waals surface area contributed by atoms with E-state index in [9.17, 15) is 4.79 Å². The van der Waals surface area contributed by atoms with Gasteiger partial charge in [-0.15, -0.1) is 0 Å². The first-order chi connectivity index (χ1) is 10.1. The summed E-state index contributed by atoms with van der Waals surface area (Å²) in [5, 5.41) is 12.6. The summed E-state index contributed by atoms with van der Waals surface area (Å²) >= 11 is 0. The van der Waals surface area contributed by atoms with Gasteiger partial charge >= 0.3 is 5.97 Å². The van der Waals surface area contributed by atoms with Crippen LogP contribution in [0.15, 0.2) is 18.2 Å². The Morgan fingerprint density at radius 3 is 2.76 bits per heavy atom. The van der Waals surface area contributed by atoms with E-state index in [1.807, 2.05) is 13.0 Å². The minimum atomic E-state index is -0.860. The van der Waals surface area contributed by atoms with Crippen molar-refractivity contribution < 1.29 is 9.90 Å². The average molecular weight is 289 g/mol. The number of carboxylic acids is 1. The third-order valence-electron chi connectivity index (χ3n) is 4.62. The zero-order chi connectivity index (χ0) is 15.2. The molecule has 0 radical (unpaired) electrons. The van der Waals surface area contributed by atoms with Gasteiger partial charge in [0, 0.05) is 11.7 Å². The predicted molar refractivity (Wildman–Crippen MR) is 87.0 cm³/mol. The standard InChI is InChI=1S/C18H27NO2/c1-3-5-14-6-4-7-16(10-8-14)19-17-11-9-15(18(20)21)12-13(17)2/h9,11-12,14,16,19H,3-8,10H2,1-2H3,(H,20,21). The Morgan fingerprint density at radius 1 is 1.29 bits per heavy atom. The van der Waals surface area contributed by atoms with Crippen LogP contribution in [0.3, 0.4) is 0 Å². The maximum atomic E-state index is 11.0. The van der Waals surface area contributed by atoms with Crippen LogP contribution in [0, 0.1) is 12.8 Å². The first kappa shape index (κ1) is 15.9. The number of rotatable bonds is 5. The molecule has 2 rings (SSSR count). The van der Waals surface area contributed by atoms with E-state index in [1.54, 1.807) is 12.1 Å². The van der Waals surface area contributed by atoms with E-state index in [0.29, 0.717) is 11.6 Å². The molecule has 0 aromatic heterocycles. The van der Waals surface area contributed by atoms with Crippen molar-refractivity contribution in [3.63, 3.8) is 0 Å². The summed E-state index contributed by atoms with van der Waals surface area (Å²) in [4.78, 5) is 11.0. The fourth-order valence-corrected chi connectivity index (χ4v) is 3.40. The van der Waals surface area contributed by atoms with E-state index >= 15 is 0 Å². The van der Waals surface area contributed by atoms with Gasteiger partial charge in [0.2, 0.25) is 0 Å². The number of carbonyl (C=O) groups is 1. The second-order valence-electron chi connectivity index (χ2n) is 6.34. The lowest BCUT2D eigenvalue weighted by molar-refractivity contribution is 0.0697. The Labute approximate surface area is 127 Å². The Morgan fingerprint density at radius 2 is 2.10 bits per heavy atom. The van der Waals surface area contributed by atoms with Crippen LogP contribution >= 0.6 is 0 Å². The number of carboxylic acid groups (broad SMARTS) is 1. The lowest BCUT2D eigenvalue weighted by atomic mass is 9.95. The molecule has 2 unspecified atom stereocenters. The lowest BCUT2D eigenvalue weighted by Gasteiger charge is -2.20. The number of hydrogen-bond acceptors (Lipinski definition) is 2. The molecule has 2 N–H and O–H groups in total. The highest BCUT2D eigenvalue weighted by Gasteiger charge is 2.18. The minimum Gasteiger partial charge on any atom is -0.478 e. The summed E-state index contributed by atoms with van der Waals surface area (Å²) in [6.07, 6.45) is 9.08. The van der Waals surface area contributed by atoms with E-state index in [4.69, 9.17) is 5.11 Å². The number of hydrogen-bond donors (Lipinski definition) is 2. The van der Waals surface area contributed by atoms with Crippen LogP contribution in [-0.2, 0) is 0 Å². The van der Waals surface area contributed by atoms with Crippen molar-refractivity contribution in [3.05, 3.63) is 29.3 Å². The zero-order valence-electron chi connectivity index (χ0n) is 13.2. The van der Waals surface area contributed by atoms with Gasteiger partial charge in [-0.25, -0.2) is 4.79 Å². The van der Waals surface area contributed by atoms with E-state index in [1.165, 1.54) is 44.9 Å². The average Bonchev–Trinajstić information content (AvgIpc) is 2.67. The van der Waals surface area contributed by atoms with Gasteiger partial charge in [0.25, 0.3) is 0 Å². The fraction of sp³-hybridized carbons (Fsp3) is 0.611. The van der Waals surface area contributed by atoms with Crippen molar-refractivity contribution in [2.45, 2.75) is 64.8 Å². The maximum Gasteiger partial charge on any atom is 0.335 e. The van der Waals surface area contributed by atoms with Gasteiger partial charge < -0.3 is 10.4 Å². The molecule has 1 aliphatic rings. The van der Waals surface area contributed by atoms with Gasteiger partial charge in [-0.3, -0.25) is 0 Å². The molecular weight excluding hydrogens is 262 g/mol. The molecule has 1 aromatic carbocycles. The summed E-state index contributed by atoms with van der Waals surface area (Å²) < 4.78 is 0. The van der Waals surface area contributed by atoms with Gasteiger partial charge in [0.15, 0.2) is 0 Å². The fourth-order valence-electron chi connectivity index (χ4n) is 3.40.